The summed E-state index contributed by atoms with van der Waals surface area (Å²) in [4.78, 5) is 0. The fourth-order valence-corrected chi connectivity index (χ4v) is 1.59. The Morgan fingerprint density at radius 3 is 2.73 bits per heavy atom. The van der Waals surface area contributed by atoms with E-state index in [2.05, 4.69) is 13.5 Å². The lowest BCUT2D eigenvalue weighted by Gasteiger charge is -2.21. The molecule has 3 unspecified atom stereocenters. The molecule has 0 saturated carbocycles. The van der Waals surface area contributed by atoms with Gasteiger partial charge in [0, 0.05) is 18.6 Å². The molecular weight excluding hydrogens is 138 g/mol. The molecule has 2 heteroatoms. The second-order valence-corrected chi connectivity index (χ2v) is 3.40. The van der Waals surface area contributed by atoms with Gasteiger partial charge < -0.3 is 10.5 Å². The molecule has 2 N–H and O–H groups in total. The van der Waals surface area contributed by atoms with Crippen LogP contribution in [0.5, 0.6) is 0 Å². The van der Waals surface area contributed by atoms with Crippen LogP contribution in [-0.4, -0.2) is 18.8 Å². The van der Waals surface area contributed by atoms with Crippen LogP contribution in [0.4, 0.5) is 0 Å². The fraction of sp³-hybridized carbons (Fsp3) is 0.778. The molecule has 0 bridgehead atoms. The molecule has 0 spiro atoms. The van der Waals surface area contributed by atoms with Gasteiger partial charge in [-0.15, -0.1) is 0 Å². The molecule has 1 aliphatic rings. The van der Waals surface area contributed by atoms with Gasteiger partial charge >= 0.3 is 0 Å². The lowest BCUT2D eigenvalue weighted by atomic mass is 9.90. The summed E-state index contributed by atoms with van der Waals surface area (Å²) in [5.74, 6) is 0.479. The van der Waals surface area contributed by atoms with E-state index >= 15 is 0 Å². The first-order valence-electron chi connectivity index (χ1n) is 4.15. The predicted molar refractivity (Wildman–Crippen MR) is 46.3 cm³/mol. The molecular formula is C9H17NO. The largest absolute Gasteiger partial charge is 0.378 e. The lowest BCUT2D eigenvalue weighted by molar-refractivity contribution is 0.102. The molecule has 0 aromatic carbocycles. The molecule has 1 aliphatic heterocycles. The smallest absolute Gasteiger partial charge is 0.0593 e. The number of hydrogen-bond acceptors (Lipinski definition) is 2. The minimum atomic E-state index is 0.118. The van der Waals surface area contributed by atoms with Crippen molar-refractivity contribution in [1.29, 1.82) is 0 Å². The third-order valence-corrected chi connectivity index (χ3v) is 2.47. The van der Waals surface area contributed by atoms with Crippen LogP contribution >= 0.6 is 0 Å². The molecule has 1 heterocycles. The van der Waals surface area contributed by atoms with Gasteiger partial charge in [0.05, 0.1) is 6.10 Å². The number of hydrogen-bond donors (Lipinski definition) is 1. The van der Waals surface area contributed by atoms with Crippen LogP contribution in [0.1, 0.15) is 20.3 Å². The fourth-order valence-electron chi connectivity index (χ4n) is 1.59. The Kier molecular flexibility index (Phi) is 2.68. The molecule has 0 aromatic rings. The number of rotatable bonds is 2. The van der Waals surface area contributed by atoms with Gasteiger partial charge in [-0.1, -0.05) is 12.2 Å². The van der Waals surface area contributed by atoms with Crippen LogP contribution in [0, 0.1) is 5.92 Å². The van der Waals surface area contributed by atoms with E-state index in [0.29, 0.717) is 12.0 Å². The Morgan fingerprint density at radius 2 is 2.36 bits per heavy atom. The van der Waals surface area contributed by atoms with E-state index in [1.54, 1.807) is 0 Å². The van der Waals surface area contributed by atoms with Crippen molar-refractivity contribution in [3.05, 3.63) is 12.2 Å². The van der Waals surface area contributed by atoms with Crippen LogP contribution in [-0.2, 0) is 4.74 Å². The topological polar surface area (TPSA) is 35.2 Å². The van der Waals surface area contributed by atoms with Crippen LogP contribution in [0.3, 0.4) is 0 Å². The Balaban J connectivity index is 2.52. The first kappa shape index (κ1) is 8.75. The third-order valence-electron chi connectivity index (χ3n) is 2.47. The molecule has 2 nitrogen and oxygen atoms in total. The van der Waals surface area contributed by atoms with Crippen molar-refractivity contribution in [1.82, 2.24) is 0 Å². The second kappa shape index (κ2) is 3.37. The monoisotopic (exact) mass is 155 g/mol. The summed E-state index contributed by atoms with van der Waals surface area (Å²) in [6, 6.07) is 0.118. The van der Waals surface area contributed by atoms with E-state index in [9.17, 15) is 0 Å². The Labute approximate surface area is 68.4 Å². The maximum Gasteiger partial charge on any atom is 0.0593 e. The summed E-state index contributed by atoms with van der Waals surface area (Å²) in [7, 11) is 0. The maximum absolute atomic E-state index is 5.93. The summed E-state index contributed by atoms with van der Waals surface area (Å²) in [5.41, 5.74) is 7.00. The van der Waals surface area contributed by atoms with Crippen LogP contribution in [0.15, 0.2) is 12.2 Å². The van der Waals surface area contributed by atoms with Crippen molar-refractivity contribution < 1.29 is 4.74 Å². The molecule has 64 valence electrons. The standard InChI is InChI=1S/C9H17NO/c1-6(2)9(10)8-4-5-11-7(8)3/h7-9H,1,4-5,10H2,2-3H3. The van der Waals surface area contributed by atoms with Crippen LogP contribution in [0.25, 0.3) is 0 Å². The zero-order valence-corrected chi connectivity index (χ0v) is 7.34. The van der Waals surface area contributed by atoms with Gasteiger partial charge in [0.25, 0.3) is 0 Å². The highest BCUT2D eigenvalue weighted by molar-refractivity contribution is 5.04. The van der Waals surface area contributed by atoms with Gasteiger partial charge in [0.2, 0.25) is 0 Å². The van der Waals surface area contributed by atoms with E-state index in [1.165, 1.54) is 0 Å². The molecule has 0 aromatic heterocycles. The first-order chi connectivity index (χ1) is 5.13. The molecule has 11 heavy (non-hydrogen) atoms. The lowest BCUT2D eigenvalue weighted by Crippen LogP contribution is -2.34. The van der Waals surface area contributed by atoms with Gasteiger partial charge in [-0.05, 0) is 20.3 Å². The average Bonchev–Trinajstić information content (AvgIpc) is 2.33. The quantitative estimate of drug-likeness (QED) is 0.610. The van der Waals surface area contributed by atoms with Gasteiger partial charge in [0.1, 0.15) is 0 Å². The average molecular weight is 155 g/mol. The van der Waals surface area contributed by atoms with Crippen molar-refractivity contribution in [3.8, 4) is 0 Å². The summed E-state index contributed by atoms with van der Waals surface area (Å²) in [6.45, 7) is 8.77. The zero-order chi connectivity index (χ0) is 8.43. The summed E-state index contributed by atoms with van der Waals surface area (Å²) < 4.78 is 5.42. The molecule has 0 radical (unpaired) electrons. The van der Waals surface area contributed by atoms with Crippen molar-refractivity contribution in [3.63, 3.8) is 0 Å². The van der Waals surface area contributed by atoms with E-state index < -0.39 is 0 Å². The van der Waals surface area contributed by atoms with E-state index in [1.807, 2.05) is 6.92 Å². The Bertz CT molecular complexity index is 156. The van der Waals surface area contributed by atoms with E-state index in [-0.39, 0.29) is 6.04 Å². The van der Waals surface area contributed by atoms with E-state index in [4.69, 9.17) is 10.5 Å². The van der Waals surface area contributed by atoms with Crippen molar-refractivity contribution in [2.24, 2.45) is 11.7 Å². The highest BCUT2D eigenvalue weighted by Gasteiger charge is 2.29. The van der Waals surface area contributed by atoms with Gasteiger partial charge in [-0.2, -0.15) is 0 Å². The highest BCUT2D eigenvalue weighted by Crippen LogP contribution is 2.25. The highest BCUT2D eigenvalue weighted by atomic mass is 16.5. The van der Waals surface area contributed by atoms with Crippen LogP contribution < -0.4 is 5.73 Å². The zero-order valence-electron chi connectivity index (χ0n) is 7.34. The molecule has 1 fully saturated rings. The van der Waals surface area contributed by atoms with Gasteiger partial charge in [-0.25, -0.2) is 0 Å². The number of nitrogens with two attached hydrogens (primary N) is 1. The maximum atomic E-state index is 5.93. The summed E-state index contributed by atoms with van der Waals surface area (Å²) >= 11 is 0. The Morgan fingerprint density at radius 1 is 1.73 bits per heavy atom. The van der Waals surface area contributed by atoms with Crippen molar-refractivity contribution in [2.45, 2.75) is 32.4 Å². The van der Waals surface area contributed by atoms with Crippen LogP contribution in [0.2, 0.25) is 0 Å². The molecule has 0 aliphatic carbocycles. The molecule has 1 saturated heterocycles. The summed E-state index contributed by atoms with van der Waals surface area (Å²) in [5, 5.41) is 0. The Hall–Kier alpha value is -0.340. The minimum absolute atomic E-state index is 0.118. The van der Waals surface area contributed by atoms with Gasteiger partial charge in [0.15, 0.2) is 0 Å². The third kappa shape index (κ3) is 1.82. The summed E-state index contributed by atoms with van der Waals surface area (Å²) in [6.07, 6.45) is 1.39. The van der Waals surface area contributed by atoms with Crippen molar-refractivity contribution >= 4 is 0 Å². The second-order valence-electron chi connectivity index (χ2n) is 3.40. The SMILES string of the molecule is C=C(C)C(N)C1CCOC1C. The van der Waals surface area contributed by atoms with E-state index in [0.717, 1.165) is 18.6 Å². The van der Waals surface area contributed by atoms with Gasteiger partial charge in [-0.3, -0.25) is 0 Å². The molecule has 3 atom stereocenters. The predicted octanol–water partition coefficient (Wildman–Crippen LogP) is 1.31. The van der Waals surface area contributed by atoms with Crippen molar-refractivity contribution in [2.75, 3.05) is 6.61 Å². The minimum Gasteiger partial charge on any atom is -0.378 e. The number of ether oxygens (including phenoxy) is 1. The molecule has 1 rings (SSSR count). The first-order valence-corrected chi connectivity index (χ1v) is 4.15. The normalized spacial score (nSPS) is 33.7. The molecule has 0 amide bonds.